The van der Waals surface area contributed by atoms with Crippen molar-refractivity contribution in [3.63, 3.8) is 0 Å². The van der Waals surface area contributed by atoms with E-state index in [2.05, 4.69) is 4.99 Å². The van der Waals surface area contributed by atoms with Crippen LogP contribution in [0.1, 0.15) is 35.3 Å². The van der Waals surface area contributed by atoms with E-state index < -0.39 is 0 Å². The molecule has 0 bridgehead atoms. The van der Waals surface area contributed by atoms with E-state index >= 15 is 0 Å². The van der Waals surface area contributed by atoms with E-state index in [1.165, 1.54) is 0 Å². The second kappa shape index (κ2) is 5.58. The summed E-state index contributed by atoms with van der Waals surface area (Å²) in [6, 6.07) is 14.2. The maximum absolute atomic E-state index is 12.4. The molecule has 3 rings (SSSR count). The number of ether oxygens (including phenoxy) is 1. The van der Waals surface area contributed by atoms with Crippen molar-refractivity contribution in [2.75, 3.05) is 6.61 Å². The molecule has 0 spiro atoms. The highest BCUT2D eigenvalue weighted by Gasteiger charge is 2.27. The first-order valence-electron chi connectivity index (χ1n) is 7.08. The van der Waals surface area contributed by atoms with Crippen LogP contribution in [-0.4, -0.2) is 23.8 Å². The Morgan fingerprint density at radius 3 is 2.09 bits per heavy atom. The highest BCUT2D eigenvalue weighted by Crippen LogP contribution is 2.21. The summed E-state index contributed by atoms with van der Waals surface area (Å²) in [4.78, 5) is 16.9. The van der Waals surface area contributed by atoms with Gasteiger partial charge in [0.1, 0.15) is 6.61 Å². The minimum atomic E-state index is -0.187. The molecular formula is C18H16ClNO2. The van der Waals surface area contributed by atoms with Crippen LogP contribution >= 0.6 is 11.6 Å². The van der Waals surface area contributed by atoms with E-state index in [9.17, 15) is 4.79 Å². The molecule has 1 heterocycles. The Morgan fingerprint density at radius 2 is 1.59 bits per heavy atom. The molecule has 0 N–H and O–H groups in total. The summed E-state index contributed by atoms with van der Waals surface area (Å²) >= 11 is 5.84. The summed E-state index contributed by atoms with van der Waals surface area (Å²) in [5.41, 5.74) is 1.95. The van der Waals surface area contributed by atoms with Gasteiger partial charge in [-0.2, -0.15) is 0 Å². The Labute approximate surface area is 134 Å². The molecule has 0 unspecified atom stereocenters. The maximum atomic E-state index is 12.4. The first kappa shape index (κ1) is 14.8. The number of hydrogen-bond acceptors (Lipinski definition) is 3. The predicted octanol–water partition coefficient (Wildman–Crippen LogP) is 4.13. The van der Waals surface area contributed by atoms with Gasteiger partial charge in [-0.15, -0.1) is 0 Å². The van der Waals surface area contributed by atoms with Crippen LogP contribution in [0.2, 0.25) is 5.02 Å². The van der Waals surface area contributed by atoms with Crippen molar-refractivity contribution < 1.29 is 9.53 Å². The number of nitrogens with zero attached hydrogens (tertiary/aromatic N) is 1. The molecule has 2 aromatic carbocycles. The quantitative estimate of drug-likeness (QED) is 0.799. The third kappa shape index (κ3) is 3.04. The number of hydrogen-bond donors (Lipinski definition) is 0. The number of benzene rings is 2. The topological polar surface area (TPSA) is 38.7 Å². The Bertz CT molecular complexity index is 731. The lowest BCUT2D eigenvalue weighted by Crippen LogP contribution is -2.17. The first-order valence-corrected chi connectivity index (χ1v) is 7.46. The van der Waals surface area contributed by atoms with E-state index in [1.54, 1.807) is 36.4 Å². The van der Waals surface area contributed by atoms with E-state index in [4.69, 9.17) is 16.3 Å². The van der Waals surface area contributed by atoms with Crippen molar-refractivity contribution in [1.82, 2.24) is 0 Å². The van der Waals surface area contributed by atoms with Gasteiger partial charge in [0.2, 0.25) is 5.90 Å². The first-order chi connectivity index (χ1) is 10.4. The Morgan fingerprint density at radius 1 is 1.05 bits per heavy atom. The fraction of sp³-hybridized carbons (Fsp3) is 0.222. The van der Waals surface area contributed by atoms with Crippen LogP contribution < -0.4 is 0 Å². The molecule has 1 aliphatic rings. The number of halogens is 1. The normalized spacial score (nSPS) is 16.0. The fourth-order valence-corrected chi connectivity index (χ4v) is 2.39. The van der Waals surface area contributed by atoms with E-state index in [0.717, 1.165) is 5.56 Å². The molecular weight excluding hydrogens is 298 g/mol. The molecule has 0 amide bonds. The monoisotopic (exact) mass is 313 g/mol. The number of carbonyl (C=O) groups is 1. The predicted molar refractivity (Wildman–Crippen MR) is 87.9 cm³/mol. The average Bonchev–Trinajstić information content (AvgIpc) is 2.88. The van der Waals surface area contributed by atoms with Crippen molar-refractivity contribution in [3.8, 4) is 0 Å². The third-order valence-corrected chi connectivity index (χ3v) is 3.72. The number of aliphatic imine (C=N–C) groups is 1. The smallest absolute Gasteiger partial charge is 0.216 e. The largest absolute Gasteiger partial charge is 0.475 e. The molecule has 4 heteroatoms. The average molecular weight is 314 g/mol. The van der Waals surface area contributed by atoms with Gasteiger partial charge in [0.05, 0.1) is 5.54 Å². The molecule has 0 aliphatic carbocycles. The highest BCUT2D eigenvalue weighted by atomic mass is 35.5. The molecule has 112 valence electrons. The van der Waals surface area contributed by atoms with Gasteiger partial charge in [0.15, 0.2) is 5.78 Å². The molecule has 0 aromatic heterocycles. The van der Waals surface area contributed by atoms with Crippen LogP contribution in [-0.2, 0) is 4.74 Å². The number of rotatable bonds is 3. The SMILES string of the molecule is CC1(C)COC(c2ccc(C(=O)c3ccc(Cl)cc3)cc2)=N1. The second-order valence-corrected chi connectivity index (χ2v) is 6.37. The zero-order chi connectivity index (χ0) is 15.7. The minimum absolute atomic E-state index is 0.0298. The maximum Gasteiger partial charge on any atom is 0.216 e. The summed E-state index contributed by atoms with van der Waals surface area (Å²) in [6.45, 7) is 4.63. The number of carbonyl (C=O) groups excluding carboxylic acids is 1. The second-order valence-electron chi connectivity index (χ2n) is 5.93. The van der Waals surface area contributed by atoms with Crippen LogP contribution in [0.3, 0.4) is 0 Å². The van der Waals surface area contributed by atoms with Gasteiger partial charge in [-0.25, -0.2) is 4.99 Å². The summed E-state index contributed by atoms with van der Waals surface area (Å²) in [5.74, 6) is 0.605. The van der Waals surface area contributed by atoms with Gasteiger partial charge < -0.3 is 4.74 Å². The molecule has 3 nitrogen and oxygen atoms in total. The molecule has 0 fully saturated rings. The van der Waals surface area contributed by atoms with Gasteiger partial charge in [0, 0.05) is 21.7 Å². The Balaban J connectivity index is 1.83. The van der Waals surface area contributed by atoms with Gasteiger partial charge in [0.25, 0.3) is 0 Å². The van der Waals surface area contributed by atoms with Crippen molar-refractivity contribution in [1.29, 1.82) is 0 Å². The molecule has 2 aromatic rings. The molecule has 22 heavy (non-hydrogen) atoms. The van der Waals surface area contributed by atoms with Gasteiger partial charge in [-0.1, -0.05) is 23.7 Å². The third-order valence-electron chi connectivity index (χ3n) is 3.47. The van der Waals surface area contributed by atoms with Crippen molar-refractivity contribution in [3.05, 3.63) is 70.2 Å². The summed E-state index contributed by atoms with van der Waals surface area (Å²) in [7, 11) is 0. The lowest BCUT2D eigenvalue weighted by molar-refractivity contribution is 0.103. The summed E-state index contributed by atoms with van der Waals surface area (Å²) in [5, 5.41) is 0.617. The van der Waals surface area contributed by atoms with Crippen molar-refractivity contribution in [2.24, 2.45) is 4.99 Å². The molecule has 0 saturated heterocycles. The highest BCUT2D eigenvalue weighted by molar-refractivity contribution is 6.30. The van der Waals surface area contributed by atoms with Gasteiger partial charge in [-0.3, -0.25) is 4.79 Å². The summed E-state index contributed by atoms with van der Waals surface area (Å²) < 4.78 is 5.60. The van der Waals surface area contributed by atoms with Gasteiger partial charge >= 0.3 is 0 Å². The van der Waals surface area contributed by atoms with Crippen molar-refractivity contribution >= 4 is 23.3 Å². The van der Waals surface area contributed by atoms with E-state index in [-0.39, 0.29) is 11.3 Å². The lowest BCUT2D eigenvalue weighted by Gasteiger charge is -2.07. The Hall–Kier alpha value is -2.13. The van der Waals surface area contributed by atoms with Crippen LogP contribution in [0.15, 0.2) is 53.5 Å². The molecule has 0 atom stereocenters. The summed E-state index contributed by atoms with van der Waals surface area (Å²) in [6.07, 6.45) is 0. The van der Waals surface area contributed by atoms with E-state index in [0.29, 0.717) is 28.7 Å². The van der Waals surface area contributed by atoms with Gasteiger partial charge in [-0.05, 0) is 50.2 Å². The van der Waals surface area contributed by atoms with Crippen LogP contribution in [0.5, 0.6) is 0 Å². The zero-order valence-corrected chi connectivity index (χ0v) is 13.2. The lowest BCUT2D eigenvalue weighted by atomic mass is 10.0. The van der Waals surface area contributed by atoms with Crippen molar-refractivity contribution in [2.45, 2.75) is 19.4 Å². The minimum Gasteiger partial charge on any atom is -0.475 e. The molecule has 0 saturated carbocycles. The Kier molecular flexibility index (Phi) is 3.75. The standard InChI is InChI=1S/C18H16ClNO2/c1-18(2)11-22-17(20-18)14-5-3-12(4-6-14)16(21)13-7-9-15(19)10-8-13/h3-10H,11H2,1-2H3. The van der Waals surface area contributed by atoms with Crippen LogP contribution in [0.4, 0.5) is 0 Å². The zero-order valence-electron chi connectivity index (χ0n) is 12.5. The number of ketones is 1. The fourth-order valence-electron chi connectivity index (χ4n) is 2.26. The van der Waals surface area contributed by atoms with Crippen LogP contribution in [0.25, 0.3) is 0 Å². The molecule has 1 aliphatic heterocycles. The van der Waals surface area contributed by atoms with E-state index in [1.807, 2.05) is 26.0 Å². The molecule has 0 radical (unpaired) electrons. The van der Waals surface area contributed by atoms with Crippen LogP contribution in [0, 0.1) is 0 Å².